The van der Waals surface area contributed by atoms with Crippen molar-refractivity contribution in [3.63, 3.8) is 0 Å². The average molecular weight is 419 g/mol. The molecule has 7 nitrogen and oxygen atoms in total. The van der Waals surface area contributed by atoms with Gasteiger partial charge in [-0.25, -0.2) is 4.79 Å². The van der Waals surface area contributed by atoms with Crippen LogP contribution < -0.4 is 21.5 Å². The van der Waals surface area contributed by atoms with Crippen LogP contribution in [-0.2, 0) is 4.79 Å². The van der Waals surface area contributed by atoms with Crippen molar-refractivity contribution in [1.82, 2.24) is 21.5 Å². The van der Waals surface area contributed by atoms with Crippen molar-refractivity contribution in [2.45, 2.75) is 50.5 Å². The molecule has 0 atom stereocenters. The number of nitrogens with one attached hydrogen (secondary N) is 4. The van der Waals surface area contributed by atoms with Crippen LogP contribution in [0.25, 0.3) is 0 Å². The third kappa shape index (κ3) is 4.66. The summed E-state index contributed by atoms with van der Waals surface area (Å²) in [5, 5.41) is 6.29. The van der Waals surface area contributed by atoms with Gasteiger partial charge in [0.1, 0.15) is 0 Å². The monoisotopic (exact) mass is 418 g/mol. The van der Waals surface area contributed by atoms with Gasteiger partial charge in [-0.3, -0.25) is 20.4 Å². The number of urea groups is 1. The standard InChI is InChI=1S/C21H27ClN4O3/c22-17-4-2-1-3-16(17)19(28)26-25-18(27)5-6-23-20(29)24-21-10-13-7-14(11-21)9-15(8-13)12-21/h1-4,13-15H,5-12H2,(H,25,27)(H,26,28)(H2,23,24,29). The molecule has 4 aliphatic carbocycles. The molecule has 1 aromatic carbocycles. The molecule has 29 heavy (non-hydrogen) atoms. The lowest BCUT2D eigenvalue weighted by Gasteiger charge is -2.56. The first-order chi connectivity index (χ1) is 13.9. The van der Waals surface area contributed by atoms with Gasteiger partial charge >= 0.3 is 6.03 Å². The van der Waals surface area contributed by atoms with Crippen LogP contribution in [0.5, 0.6) is 0 Å². The number of hydrazine groups is 1. The van der Waals surface area contributed by atoms with E-state index in [1.807, 2.05) is 0 Å². The van der Waals surface area contributed by atoms with E-state index in [-0.39, 0.29) is 36.0 Å². The number of hydrogen-bond donors (Lipinski definition) is 4. The maximum absolute atomic E-state index is 12.4. The molecule has 4 aliphatic rings. The summed E-state index contributed by atoms with van der Waals surface area (Å²) in [6.07, 6.45) is 7.29. The van der Waals surface area contributed by atoms with E-state index < -0.39 is 5.91 Å². The van der Waals surface area contributed by atoms with Gasteiger partial charge in [-0.05, 0) is 68.4 Å². The fourth-order valence-corrected chi connectivity index (χ4v) is 5.96. The summed E-state index contributed by atoms with van der Waals surface area (Å²) in [4.78, 5) is 36.3. The summed E-state index contributed by atoms with van der Waals surface area (Å²) in [5.74, 6) is 1.40. The van der Waals surface area contributed by atoms with Gasteiger partial charge in [0.15, 0.2) is 0 Å². The van der Waals surface area contributed by atoms with Gasteiger partial charge in [0.25, 0.3) is 5.91 Å². The van der Waals surface area contributed by atoms with Gasteiger partial charge in [0, 0.05) is 18.5 Å². The maximum Gasteiger partial charge on any atom is 0.315 e. The predicted octanol–water partition coefficient (Wildman–Crippen LogP) is 2.76. The molecule has 0 radical (unpaired) electrons. The molecule has 0 aromatic heterocycles. The van der Waals surface area contributed by atoms with Crippen molar-refractivity contribution in [3.8, 4) is 0 Å². The molecule has 4 fully saturated rings. The molecule has 0 spiro atoms. The molecule has 4 saturated carbocycles. The fraction of sp³-hybridized carbons (Fsp3) is 0.571. The number of halogens is 1. The van der Waals surface area contributed by atoms with Crippen molar-refractivity contribution in [1.29, 1.82) is 0 Å². The number of rotatable bonds is 5. The van der Waals surface area contributed by atoms with Gasteiger partial charge in [-0.2, -0.15) is 0 Å². The lowest BCUT2D eigenvalue weighted by Crippen LogP contribution is -2.61. The fourth-order valence-electron chi connectivity index (χ4n) is 5.74. The zero-order valence-electron chi connectivity index (χ0n) is 16.3. The second kappa shape index (κ2) is 8.22. The Kier molecular flexibility index (Phi) is 5.67. The molecule has 8 heteroatoms. The van der Waals surface area contributed by atoms with E-state index >= 15 is 0 Å². The van der Waals surface area contributed by atoms with E-state index in [2.05, 4.69) is 21.5 Å². The van der Waals surface area contributed by atoms with Crippen molar-refractivity contribution >= 4 is 29.4 Å². The Hall–Kier alpha value is -2.28. The summed E-state index contributed by atoms with van der Waals surface area (Å²) in [6, 6.07) is 6.37. The van der Waals surface area contributed by atoms with Gasteiger partial charge in [-0.1, -0.05) is 23.7 Å². The highest BCUT2D eigenvalue weighted by atomic mass is 35.5. The topological polar surface area (TPSA) is 99.3 Å². The molecule has 0 heterocycles. The molecule has 4 amide bonds. The third-order valence-corrected chi connectivity index (χ3v) is 6.82. The van der Waals surface area contributed by atoms with E-state index in [0.717, 1.165) is 37.0 Å². The van der Waals surface area contributed by atoms with Crippen LogP contribution >= 0.6 is 11.6 Å². The summed E-state index contributed by atoms with van der Waals surface area (Å²) < 4.78 is 0. The summed E-state index contributed by atoms with van der Waals surface area (Å²) >= 11 is 5.95. The van der Waals surface area contributed by atoms with Crippen LogP contribution in [-0.4, -0.2) is 29.9 Å². The van der Waals surface area contributed by atoms with Crippen LogP contribution in [0.3, 0.4) is 0 Å². The molecule has 156 valence electrons. The maximum atomic E-state index is 12.4. The molecule has 0 unspecified atom stereocenters. The first kappa shape index (κ1) is 20.0. The Bertz CT molecular complexity index is 778. The van der Waals surface area contributed by atoms with Crippen LogP contribution in [0.2, 0.25) is 5.02 Å². The first-order valence-corrected chi connectivity index (χ1v) is 10.7. The minimum absolute atomic E-state index is 0.0516. The second-order valence-electron chi connectivity index (χ2n) is 8.81. The van der Waals surface area contributed by atoms with E-state index in [4.69, 9.17) is 11.6 Å². The molecular weight excluding hydrogens is 392 g/mol. The van der Waals surface area contributed by atoms with Crippen LogP contribution in [0.15, 0.2) is 24.3 Å². The van der Waals surface area contributed by atoms with Gasteiger partial charge in [0.2, 0.25) is 5.91 Å². The Labute approximate surface area is 175 Å². The molecule has 0 aliphatic heterocycles. The lowest BCUT2D eigenvalue weighted by molar-refractivity contribution is -0.121. The molecule has 4 N–H and O–H groups in total. The summed E-state index contributed by atoms with van der Waals surface area (Å²) in [6.45, 7) is 0.200. The highest BCUT2D eigenvalue weighted by Crippen LogP contribution is 2.55. The van der Waals surface area contributed by atoms with Crippen LogP contribution in [0, 0.1) is 17.8 Å². The molecule has 0 saturated heterocycles. The molecule has 4 bridgehead atoms. The van der Waals surface area contributed by atoms with Crippen molar-refractivity contribution in [3.05, 3.63) is 34.9 Å². The Morgan fingerprint density at radius 3 is 2.21 bits per heavy atom. The molecule has 1 aromatic rings. The largest absolute Gasteiger partial charge is 0.338 e. The van der Waals surface area contributed by atoms with E-state index in [1.165, 1.54) is 19.3 Å². The third-order valence-electron chi connectivity index (χ3n) is 6.49. The number of benzene rings is 1. The predicted molar refractivity (Wildman–Crippen MR) is 109 cm³/mol. The number of carbonyl (C=O) groups is 3. The van der Waals surface area contributed by atoms with E-state index in [9.17, 15) is 14.4 Å². The van der Waals surface area contributed by atoms with Crippen LogP contribution in [0.1, 0.15) is 55.3 Å². The molecule has 5 rings (SSSR count). The number of carbonyl (C=O) groups excluding carboxylic acids is 3. The van der Waals surface area contributed by atoms with Gasteiger partial charge in [-0.15, -0.1) is 0 Å². The zero-order chi connectivity index (χ0) is 20.4. The van der Waals surface area contributed by atoms with Crippen molar-refractivity contribution in [2.24, 2.45) is 17.8 Å². The summed E-state index contributed by atoms with van der Waals surface area (Å²) in [5.41, 5.74) is 4.90. The normalized spacial score (nSPS) is 29.2. The van der Waals surface area contributed by atoms with Crippen molar-refractivity contribution < 1.29 is 14.4 Å². The van der Waals surface area contributed by atoms with Gasteiger partial charge < -0.3 is 10.6 Å². The summed E-state index contributed by atoms with van der Waals surface area (Å²) in [7, 11) is 0. The first-order valence-electron chi connectivity index (χ1n) is 10.3. The number of amides is 4. The Morgan fingerprint density at radius 1 is 0.966 bits per heavy atom. The highest BCUT2D eigenvalue weighted by Gasteiger charge is 2.51. The second-order valence-corrected chi connectivity index (χ2v) is 9.22. The molecular formula is C21H27ClN4O3. The minimum atomic E-state index is -0.489. The Balaban J connectivity index is 1.17. The van der Waals surface area contributed by atoms with Crippen molar-refractivity contribution in [2.75, 3.05) is 6.54 Å². The Morgan fingerprint density at radius 2 is 1.59 bits per heavy atom. The smallest absolute Gasteiger partial charge is 0.315 e. The van der Waals surface area contributed by atoms with Crippen LogP contribution in [0.4, 0.5) is 4.79 Å². The number of hydrogen-bond acceptors (Lipinski definition) is 3. The highest BCUT2D eigenvalue weighted by molar-refractivity contribution is 6.33. The van der Waals surface area contributed by atoms with E-state index in [1.54, 1.807) is 24.3 Å². The van der Waals surface area contributed by atoms with Gasteiger partial charge in [0.05, 0.1) is 10.6 Å². The zero-order valence-corrected chi connectivity index (χ0v) is 17.1. The SMILES string of the molecule is O=C(CCNC(=O)NC12CC3CC(CC(C3)C1)C2)NNC(=O)c1ccccc1Cl. The average Bonchev–Trinajstić information content (AvgIpc) is 2.65. The minimum Gasteiger partial charge on any atom is -0.338 e. The van der Waals surface area contributed by atoms with E-state index in [0.29, 0.717) is 5.02 Å². The lowest BCUT2D eigenvalue weighted by atomic mass is 9.53. The quantitative estimate of drug-likeness (QED) is 0.553.